The second-order valence-electron chi connectivity index (χ2n) is 4.25. The SMILES string of the molecule is COc1cccc(C(=O)Nc2ccc(C(N)=S)cc2)c1O. The summed E-state index contributed by atoms with van der Waals surface area (Å²) in [4.78, 5) is 12.4. The van der Waals surface area contributed by atoms with Crippen molar-refractivity contribution < 1.29 is 14.6 Å². The molecule has 0 spiro atoms. The zero-order valence-electron chi connectivity index (χ0n) is 11.3. The smallest absolute Gasteiger partial charge is 0.259 e. The van der Waals surface area contributed by atoms with Crippen molar-refractivity contribution in [2.75, 3.05) is 12.4 Å². The Bertz CT molecular complexity index is 684. The van der Waals surface area contributed by atoms with Crippen molar-refractivity contribution in [1.29, 1.82) is 0 Å². The first-order valence-electron chi connectivity index (χ1n) is 6.10. The van der Waals surface area contributed by atoms with E-state index >= 15 is 0 Å². The monoisotopic (exact) mass is 302 g/mol. The Balaban J connectivity index is 2.20. The molecule has 2 aromatic rings. The van der Waals surface area contributed by atoms with Crippen molar-refractivity contribution in [3.05, 3.63) is 53.6 Å². The molecule has 0 aliphatic rings. The number of para-hydroxylation sites is 1. The van der Waals surface area contributed by atoms with Gasteiger partial charge in [0.15, 0.2) is 11.5 Å². The Kier molecular flexibility index (Phi) is 4.39. The van der Waals surface area contributed by atoms with Crippen LogP contribution in [0.5, 0.6) is 11.5 Å². The lowest BCUT2D eigenvalue weighted by atomic mass is 10.1. The predicted molar refractivity (Wildman–Crippen MR) is 84.9 cm³/mol. The summed E-state index contributed by atoms with van der Waals surface area (Å²) in [6.45, 7) is 0. The van der Waals surface area contributed by atoms with E-state index in [1.54, 1.807) is 36.4 Å². The van der Waals surface area contributed by atoms with Gasteiger partial charge in [-0.2, -0.15) is 0 Å². The highest BCUT2D eigenvalue weighted by atomic mass is 32.1. The maximum absolute atomic E-state index is 12.1. The summed E-state index contributed by atoms with van der Waals surface area (Å²) in [7, 11) is 1.42. The van der Waals surface area contributed by atoms with Gasteiger partial charge in [-0.05, 0) is 36.4 Å². The minimum absolute atomic E-state index is 0.132. The van der Waals surface area contributed by atoms with Crippen LogP contribution < -0.4 is 15.8 Å². The summed E-state index contributed by atoms with van der Waals surface area (Å²) < 4.78 is 4.97. The lowest BCUT2D eigenvalue weighted by Crippen LogP contribution is -2.13. The van der Waals surface area contributed by atoms with Crippen LogP contribution in [0.2, 0.25) is 0 Å². The number of thiocarbonyl (C=S) groups is 1. The number of methoxy groups -OCH3 is 1. The van der Waals surface area contributed by atoms with Gasteiger partial charge >= 0.3 is 0 Å². The van der Waals surface area contributed by atoms with Crippen molar-refractivity contribution in [1.82, 2.24) is 0 Å². The van der Waals surface area contributed by atoms with Gasteiger partial charge < -0.3 is 20.9 Å². The Morgan fingerprint density at radius 1 is 1.24 bits per heavy atom. The summed E-state index contributed by atoms with van der Waals surface area (Å²) in [5.41, 5.74) is 6.92. The van der Waals surface area contributed by atoms with Crippen LogP contribution >= 0.6 is 12.2 Å². The Labute approximate surface area is 127 Å². The molecule has 0 aliphatic carbocycles. The number of rotatable bonds is 4. The van der Waals surface area contributed by atoms with Gasteiger partial charge in [-0.25, -0.2) is 0 Å². The van der Waals surface area contributed by atoms with E-state index in [4.69, 9.17) is 22.7 Å². The third kappa shape index (κ3) is 3.29. The van der Waals surface area contributed by atoms with Crippen molar-refractivity contribution in [2.45, 2.75) is 0 Å². The molecule has 2 aromatic carbocycles. The molecule has 21 heavy (non-hydrogen) atoms. The molecular formula is C15H14N2O3S. The normalized spacial score (nSPS) is 9.95. The number of aromatic hydroxyl groups is 1. The molecule has 0 atom stereocenters. The number of amides is 1. The maximum Gasteiger partial charge on any atom is 0.259 e. The fourth-order valence-corrected chi connectivity index (χ4v) is 1.92. The van der Waals surface area contributed by atoms with Crippen LogP contribution in [0.25, 0.3) is 0 Å². The number of nitrogens with one attached hydrogen (secondary N) is 1. The van der Waals surface area contributed by atoms with Gasteiger partial charge in [-0.3, -0.25) is 4.79 Å². The Hall–Kier alpha value is -2.60. The summed E-state index contributed by atoms with van der Waals surface area (Å²) in [6, 6.07) is 11.5. The molecule has 0 bridgehead atoms. The van der Waals surface area contributed by atoms with Crippen LogP contribution in [-0.2, 0) is 0 Å². The van der Waals surface area contributed by atoms with E-state index in [1.807, 2.05) is 0 Å². The van der Waals surface area contributed by atoms with Gasteiger partial charge in [0.1, 0.15) is 4.99 Å². The third-order valence-electron chi connectivity index (χ3n) is 2.89. The van der Waals surface area contributed by atoms with E-state index in [9.17, 15) is 9.90 Å². The first-order valence-corrected chi connectivity index (χ1v) is 6.51. The standard InChI is InChI=1S/C15H14N2O3S/c1-20-12-4-2-3-11(13(12)18)15(19)17-10-7-5-9(6-8-10)14(16)21/h2-8,18H,1H3,(H2,16,21)(H,17,19). The number of phenolic OH excluding ortho intramolecular Hbond substituents is 1. The Morgan fingerprint density at radius 3 is 2.48 bits per heavy atom. The highest BCUT2D eigenvalue weighted by molar-refractivity contribution is 7.80. The number of carbonyl (C=O) groups excluding carboxylic acids is 1. The highest BCUT2D eigenvalue weighted by Crippen LogP contribution is 2.29. The van der Waals surface area contributed by atoms with Crippen molar-refractivity contribution in [2.24, 2.45) is 5.73 Å². The molecule has 0 aliphatic heterocycles. The topological polar surface area (TPSA) is 84.6 Å². The van der Waals surface area contributed by atoms with Gasteiger partial charge in [0.2, 0.25) is 0 Å². The van der Waals surface area contributed by atoms with Gasteiger partial charge in [0.05, 0.1) is 12.7 Å². The number of carbonyl (C=O) groups is 1. The quantitative estimate of drug-likeness (QED) is 0.755. The number of nitrogens with two attached hydrogens (primary N) is 1. The molecule has 2 rings (SSSR count). The first kappa shape index (κ1) is 14.8. The summed E-state index contributed by atoms with van der Waals surface area (Å²) >= 11 is 4.86. The molecule has 0 saturated heterocycles. The molecule has 108 valence electrons. The lowest BCUT2D eigenvalue weighted by Gasteiger charge is -2.09. The molecule has 0 heterocycles. The largest absolute Gasteiger partial charge is 0.504 e. The lowest BCUT2D eigenvalue weighted by molar-refractivity contribution is 0.102. The highest BCUT2D eigenvalue weighted by Gasteiger charge is 2.14. The maximum atomic E-state index is 12.1. The third-order valence-corrected chi connectivity index (χ3v) is 3.13. The fourth-order valence-electron chi connectivity index (χ4n) is 1.79. The van der Waals surface area contributed by atoms with Crippen molar-refractivity contribution in [3.63, 3.8) is 0 Å². The van der Waals surface area contributed by atoms with E-state index < -0.39 is 5.91 Å². The number of hydrogen-bond acceptors (Lipinski definition) is 4. The van der Waals surface area contributed by atoms with E-state index in [2.05, 4.69) is 5.32 Å². The summed E-state index contributed by atoms with van der Waals surface area (Å²) in [6.07, 6.45) is 0. The van der Waals surface area contributed by atoms with E-state index in [-0.39, 0.29) is 17.1 Å². The second-order valence-corrected chi connectivity index (χ2v) is 4.69. The van der Waals surface area contributed by atoms with Crippen LogP contribution in [0, 0.1) is 0 Å². The van der Waals surface area contributed by atoms with Crippen LogP contribution in [0.15, 0.2) is 42.5 Å². The second kappa shape index (κ2) is 6.23. The summed E-state index contributed by atoms with van der Waals surface area (Å²) in [5.74, 6) is -0.391. The average molecular weight is 302 g/mol. The van der Waals surface area contributed by atoms with Crippen molar-refractivity contribution in [3.8, 4) is 11.5 Å². The van der Waals surface area contributed by atoms with Crippen LogP contribution in [-0.4, -0.2) is 23.1 Å². The fraction of sp³-hybridized carbons (Fsp3) is 0.0667. The van der Waals surface area contributed by atoms with Crippen LogP contribution in [0.4, 0.5) is 5.69 Å². The summed E-state index contributed by atoms with van der Waals surface area (Å²) in [5, 5.41) is 12.6. The molecule has 0 fully saturated rings. The number of ether oxygens (including phenoxy) is 1. The van der Waals surface area contributed by atoms with Crippen molar-refractivity contribution >= 4 is 28.8 Å². The molecule has 0 saturated carbocycles. The predicted octanol–water partition coefficient (Wildman–Crippen LogP) is 2.29. The number of benzene rings is 2. The van der Waals surface area contributed by atoms with Gasteiger partial charge in [-0.15, -0.1) is 0 Å². The molecular weight excluding hydrogens is 288 g/mol. The molecule has 6 heteroatoms. The van der Waals surface area contributed by atoms with E-state index in [0.29, 0.717) is 16.2 Å². The molecule has 0 unspecified atom stereocenters. The van der Waals surface area contributed by atoms with E-state index in [1.165, 1.54) is 13.2 Å². The number of anilines is 1. The Morgan fingerprint density at radius 2 is 1.90 bits per heavy atom. The molecule has 0 radical (unpaired) electrons. The molecule has 1 amide bonds. The number of phenols is 1. The molecule has 0 aromatic heterocycles. The minimum atomic E-state index is -0.436. The average Bonchev–Trinajstić information content (AvgIpc) is 2.48. The zero-order chi connectivity index (χ0) is 15.4. The van der Waals surface area contributed by atoms with Gasteiger partial charge in [0.25, 0.3) is 5.91 Å². The number of hydrogen-bond donors (Lipinski definition) is 3. The van der Waals surface area contributed by atoms with Gasteiger partial charge in [-0.1, -0.05) is 18.3 Å². The first-order chi connectivity index (χ1) is 10.0. The minimum Gasteiger partial charge on any atom is -0.504 e. The molecule has 5 nitrogen and oxygen atoms in total. The van der Waals surface area contributed by atoms with Gasteiger partial charge in [0, 0.05) is 11.3 Å². The van der Waals surface area contributed by atoms with E-state index in [0.717, 1.165) is 0 Å². The van der Waals surface area contributed by atoms with Crippen LogP contribution in [0.3, 0.4) is 0 Å². The van der Waals surface area contributed by atoms with Crippen LogP contribution in [0.1, 0.15) is 15.9 Å². The molecule has 4 N–H and O–H groups in total. The zero-order valence-corrected chi connectivity index (χ0v) is 12.1.